The van der Waals surface area contributed by atoms with Gasteiger partial charge in [0.15, 0.2) is 0 Å². The Bertz CT molecular complexity index is 1100. The molecule has 5 heteroatoms. The van der Waals surface area contributed by atoms with E-state index in [1.807, 2.05) is 22.7 Å². The molecule has 1 aliphatic heterocycles. The molecule has 0 bridgehead atoms. The quantitative estimate of drug-likeness (QED) is 0.341. The van der Waals surface area contributed by atoms with Crippen molar-refractivity contribution in [2.75, 3.05) is 4.72 Å². The lowest BCUT2D eigenvalue weighted by Crippen LogP contribution is -2.27. The molecule has 2 nitrogen and oxygen atoms in total. The Morgan fingerprint density at radius 3 is 2.57 bits per heavy atom. The van der Waals surface area contributed by atoms with E-state index in [4.69, 9.17) is 0 Å². The predicted molar refractivity (Wildman–Crippen MR) is 104 cm³/mol. The largest absolute Gasteiger partial charge is 0.292 e. The van der Waals surface area contributed by atoms with Gasteiger partial charge in [-0.25, -0.2) is 0 Å². The molecule has 1 aliphatic rings. The van der Waals surface area contributed by atoms with E-state index >= 15 is 0 Å². The second kappa shape index (κ2) is 4.72. The first kappa shape index (κ1) is 13.8. The Hall–Kier alpha value is -1.56. The van der Waals surface area contributed by atoms with Crippen LogP contribution in [0.4, 0.5) is 5.69 Å². The van der Waals surface area contributed by atoms with E-state index < -0.39 is 0 Å². The molecule has 0 aliphatic carbocycles. The van der Waals surface area contributed by atoms with Crippen LogP contribution < -0.4 is 8.69 Å². The van der Waals surface area contributed by atoms with Crippen LogP contribution in [0.3, 0.4) is 0 Å². The van der Waals surface area contributed by atoms with Crippen molar-refractivity contribution in [3.63, 3.8) is 0 Å². The summed E-state index contributed by atoms with van der Waals surface area (Å²) >= 11 is 5.45. The monoisotopic (exact) mass is 355 g/mol. The topological polar surface area (TPSA) is 15.9 Å². The Labute approximate surface area is 147 Å². The van der Waals surface area contributed by atoms with Crippen LogP contribution in [0.25, 0.3) is 31.4 Å². The Balaban J connectivity index is 1.94. The van der Waals surface area contributed by atoms with Gasteiger partial charge >= 0.3 is 0 Å². The zero-order valence-electron chi connectivity index (χ0n) is 13.1. The molecule has 0 spiro atoms. The van der Waals surface area contributed by atoms with Gasteiger partial charge in [0.1, 0.15) is 5.69 Å². The lowest BCUT2D eigenvalue weighted by atomic mass is 10.1. The summed E-state index contributed by atoms with van der Waals surface area (Å²) in [5.74, 6) is 0. The molecule has 0 unspecified atom stereocenters. The van der Waals surface area contributed by atoms with Crippen molar-refractivity contribution in [3.8, 4) is 10.4 Å². The number of benzene rings is 1. The molecule has 3 aromatic heterocycles. The summed E-state index contributed by atoms with van der Waals surface area (Å²) in [4.78, 5) is 4.06. The number of aromatic nitrogens is 1. The summed E-state index contributed by atoms with van der Waals surface area (Å²) in [7, 11) is 0. The lowest BCUT2D eigenvalue weighted by Gasteiger charge is -2.03. The first-order valence-corrected chi connectivity index (χ1v) is 9.96. The van der Waals surface area contributed by atoms with Gasteiger partial charge in [0.25, 0.3) is 17.7 Å². The number of nitrogens with zero attached hydrogens (tertiary/aromatic N) is 1. The third-order valence-corrected chi connectivity index (χ3v) is 7.47. The van der Waals surface area contributed by atoms with Crippen LogP contribution in [0.2, 0.25) is 0 Å². The second-order valence-electron chi connectivity index (χ2n) is 5.97. The van der Waals surface area contributed by atoms with E-state index in [0.717, 1.165) is 0 Å². The van der Waals surface area contributed by atoms with E-state index in [9.17, 15) is 0 Å². The third kappa shape index (κ3) is 1.84. The highest BCUT2D eigenvalue weighted by atomic mass is 32.2. The normalized spacial score (nSPS) is 13.2. The first-order chi connectivity index (χ1) is 11.1. The van der Waals surface area contributed by atoms with E-state index in [1.165, 1.54) is 52.6 Å². The molecule has 0 saturated heterocycles. The number of hydrogen-bond donors (Lipinski definition) is 1. The molecular formula is C18H15N2S3+. The average molecular weight is 356 g/mol. The van der Waals surface area contributed by atoms with E-state index in [-0.39, 0.29) is 0 Å². The molecule has 4 heterocycles. The maximum atomic E-state index is 3.56. The molecular weight excluding hydrogens is 340 g/mol. The van der Waals surface area contributed by atoms with Crippen LogP contribution >= 0.6 is 34.8 Å². The number of nitrogens with one attached hydrogen (secondary N) is 1. The van der Waals surface area contributed by atoms with Crippen molar-refractivity contribution >= 4 is 61.5 Å². The van der Waals surface area contributed by atoms with Gasteiger partial charge in [-0.1, -0.05) is 6.07 Å². The Kier molecular flexibility index (Phi) is 2.84. The van der Waals surface area contributed by atoms with Crippen molar-refractivity contribution in [1.82, 2.24) is 0 Å². The fraction of sp³-hybridized carbons (Fsp3) is 0.167. The molecule has 0 saturated carbocycles. The fourth-order valence-electron chi connectivity index (χ4n) is 3.34. The molecule has 1 aromatic carbocycles. The smallest absolute Gasteiger partial charge is 0.265 e. The van der Waals surface area contributed by atoms with Crippen LogP contribution in [-0.2, 0) is 0 Å². The Morgan fingerprint density at radius 2 is 1.78 bits per heavy atom. The highest BCUT2D eigenvalue weighted by molar-refractivity contribution is 7.94. The van der Waals surface area contributed by atoms with Crippen molar-refractivity contribution in [2.45, 2.75) is 20.8 Å². The number of anilines is 1. The van der Waals surface area contributed by atoms with Crippen molar-refractivity contribution in [3.05, 3.63) is 45.8 Å². The van der Waals surface area contributed by atoms with Gasteiger partial charge in [-0.05, 0) is 38.1 Å². The number of aryl methyl sites for hydroxylation is 3. The summed E-state index contributed by atoms with van der Waals surface area (Å²) in [5, 5.41) is 2.73. The summed E-state index contributed by atoms with van der Waals surface area (Å²) in [6.07, 6.45) is 0. The van der Waals surface area contributed by atoms with Gasteiger partial charge in [0, 0.05) is 27.1 Å². The van der Waals surface area contributed by atoms with Gasteiger partial charge in [0.2, 0.25) is 5.69 Å². The van der Waals surface area contributed by atoms with Gasteiger partial charge < -0.3 is 0 Å². The minimum atomic E-state index is 1.26. The molecule has 1 N–H and O–H groups in total. The SMILES string of the molecule is Cc1ccc(-c2ccc3c4sc(C)cc4c(C)[n+]4c3c2NS4)s1. The summed E-state index contributed by atoms with van der Waals surface area (Å²) < 4.78 is 7.32. The number of thiophene rings is 2. The molecule has 0 radical (unpaired) electrons. The minimum Gasteiger partial charge on any atom is -0.265 e. The van der Waals surface area contributed by atoms with Gasteiger partial charge in [-0.2, -0.15) is 0 Å². The number of hydrogen-bond acceptors (Lipinski definition) is 4. The first-order valence-electron chi connectivity index (χ1n) is 7.55. The summed E-state index contributed by atoms with van der Waals surface area (Å²) in [6, 6.07) is 11.3. The molecule has 4 aromatic rings. The summed E-state index contributed by atoms with van der Waals surface area (Å²) in [5.41, 5.74) is 5.21. The molecule has 0 atom stereocenters. The van der Waals surface area contributed by atoms with Crippen LogP contribution in [0.15, 0.2) is 30.3 Å². The van der Waals surface area contributed by atoms with Crippen molar-refractivity contribution < 1.29 is 3.97 Å². The van der Waals surface area contributed by atoms with Crippen LogP contribution in [0, 0.1) is 20.8 Å². The number of pyridine rings is 1. The minimum absolute atomic E-state index is 1.26. The third-order valence-electron chi connectivity index (χ3n) is 4.42. The second-order valence-corrected chi connectivity index (χ2v) is 9.26. The zero-order chi connectivity index (χ0) is 15.7. The standard InChI is InChI=1S/C18H15N2S3/c1-9-4-7-15(21-9)12-5-6-13-17-16(12)19-23-20(17)11(3)14-8-10(2)22-18(13)14/h4-8,19H,1-3H3/q+1. The highest BCUT2D eigenvalue weighted by Gasteiger charge is 2.32. The van der Waals surface area contributed by atoms with Crippen LogP contribution in [-0.4, -0.2) is 0 Å². The van der Waals surface area contributed by atoms with Crippen molar-refractivity contribution in [2.24, 2.45) is 0 Å². The molecule has 5 rings (SSSR count). The predicted octanol–water partition coefficient (Wildman–Crippen LogP) is 5.83. The van der Waals surface area contributed by atoms with Gasteiger partial charge in [-0.3, -0.25) is 4.72 Å². The lowest BCUT2D eigenvalue weighted by molar-refractivity contribution is -0.466. The Morgan fingerprint density at radius 1 is 0.913 bits per heavy atom. The van der Waals surface area contributed by atoms with E-state index in [2.05, 4.69) is 59.8 Å². The molecule has 114 valence electrons. The zero-order valence-corrected chi connectivity index (χ0v) is 15.5. The van der Waals surface area contributed by atoms with Gasteiger partial charge in [0.05, 0.1) is 15.5 Å². The average Bonchev–Trinajstić information content (AvgIpc) is 3.23. The van der Waals surface area contributed by atoms with E-state index in [1.54, 1.807) is 12.1 Å². The van der Waals surface area contributed by atoms with Crippen LogP contribution in [0.1, 0.15) is 15.4 Å². The highest BCUT2D eigenvalue weighted by Crippen LogP contribution is 2.44. The summed E-state index contributed by atoms with van der Waals surface area (Å²) in [6.45, 7) is 6.58. The molecule has 0 fully saturated rings. The van der Waals surface area contributed by atoms with E-state index in [0.29, 0.717) is 0 Å². The maximum absolute atomic E-state index is 3.56. The van der Waals surface area contributed by atoms with Crippen LogP contribution in [0.5, 0.6) is 0 Å². The van der Waals surface area contributed by atoms with Gasteiger partial charge in [-0.15, -0.1) is 26.6 Å². The molecule has 0 amide bonds. The van der Waals surface area contributed by atoms with Crippen molar-refractivity contribution in [1.29, 1.82) is 0 Å². The fourth-order valence-corrected chi connectivity index (χ4v) is 6.23. The molecule has 23 heavy (non-hydrogen) atoms. The number of fused-ring (bicyclic) bond motifs is 2. The number of rotatable bonds is 1. The maximum Gasteiger partial charge on any atom is 0.292 e.